The van der Waals surface area contributed by atoms with E-state index >= 15 is 0 Å². The SMILES string of the molecule is C=CCC1(C(=O)O)C=C(C(=O)O)C(C(=O)O)C(CC=C)(CC=C)C1(CC=C)C(=O)O. The fourth-order valence-electron chi connectivity index (χ4n) is 5.08. The van der Waals surface area contributed by atoms with Crippen molar-refractivity contribution in [3.63, 3.8) is 0 Å². The van der Waals surface area contributed by atoms with Gasteiger partial charge in [-0.1, -0.05) is 30.4 Å². The molecule has 0 amide bonds. The molecule has 30 heavy (non-hydrogen) atoms. The number of rotatable bonds is 12. The van der Waals surface area contributed by atoms with Crippen LogP contribution in [0.15, 0.2) is 62.3 Å². The van der Waals surface area contributed by atoms with Gasteiger partial charge in [0.2, 0.25) is 0 Å². The lowest BCUT2D eigenvalue weighted by Crippen LogP contribution is -2.66. The molecule has 0 heterocycles. The second-order valence-corrected chi connectivity index (χ2v) is 7.29. The zero-order chi connectivity index (χ0) is 23.3. The fraction of sp³-hybridized carbons (Fsp3) is 0.364. The fourth-order valence-corrected chi connectivity index (χ4v) is 5.08. The van der Waals surface area contributed by atoms with Gasteiger partial charge < -0.3 is 20.4 Å². The summed E-state index contributed by atoms with van der Waals surface area (Å²) >= 11 is 0. The van der Waals surface area contributed by atoms with Crippen LogP contribution < -0.4 is 0 Å². The minimum Gasteiger partial charge on any atom is -0.481 e. The van der Waals surface area contributed by atoms with Crippen LogP contribution in [0.3, 0.4) is 0 Å². The average Bonchev–Trinajstić information content (AvgIpc) is 2.63. The van der Waals surface area contributed by atoms with Gasteiger partial charge in [-0.15, -0.1) is 26.3 Å². The van der Waals surface area contributed by atoms with Crippen LogP contribution in [0.2, 0.25) is 0 Å². The van der Waals surface area contributed by atoms with E-state index in [1.165, 1.54) is 24.3 Å². The Kier molecular flexibility index (Phi) is 7.34. The third-order valence-electron chi connectivity index (χ3n) is 6.05. The number of hydrogen-bond donors (Lipinski definition) is 4. The van der Waals surface area contributed by atoms with E-state index in [9.17, 15) is 39.6 Å². The summed E-state index contributed by atoms with van der Waals surface area (Å²) in [7, 11) is 0. The lowest BCUT2D eigenvalue weighted by molar-refractivity contribution is -0.196. The van der Waals surface area contributed by atoms with Gasteiger partial charge in [0.25, 0.3) is 0 Å². The van der Waals surface area contributed by atoms with Crippen molar-refractivity contribution in [2.75, 3.05) is 0 Å². The molecule has 1 aliphatic rings. The highest BCUT2D eigenvalue weighted by Gasteiger charge is 2.74. The first-order valence-corrected chi connectivity index (χ1v) is 9.08. The van der Waals surface area contributed by atoms with Crippen LogP contribution >= 0.6 is 0 Å². The second kappa shape index (κ2) is 8.94. The third-order valence-corrected chi connectivity index (χ3v) is 6.05. The Morgan fingerprint density at radius 2 is 1.27 bits per heavy atom. The van der Waals surface area contributed by atoms with Crippen molar-refractivity contribution >= 4 is 23.9 Å². The molecule has 0 fully saturated rings. The molecule has 8 nitrogen and oxygen atoms in total. The molecule has 0 aliphatic heterocycles. The summed E-state index contributed by atoms with van der Waals surface area (Å²) in [6, 6.07) is 0. The molecule has 0 radical (unpaired) electrons. The molecule has 0 aromatic rings. The van der Waals surface area contributed by atoms with Crippen molar-refractivity contribution in [1.29, 1.82) is 0 Å². The molecule has 8 heteroatoms. The number of aliphatic carboxylic acids is 4. The first-order chi connectivity index (χ1) is 14.0. The molecule has 0 aromatic carbocycles. The molecule has 0 saturated carbocycles. The highest BCUT2D eigenvalue weighted by Crippen LogP contribution is 2.68. The van der Waals surface area contributed by atoms with E-state index in [0.717, 1.165) is 6.08 Å². The van der Waals surface area contributed by atoms with E-state index in [1.54, 1.807) is 0 Å². The quantitative estimate of drug-likeness (QED) is 0.353. The Labute approximate surface area is 174 Å². The summed E-state index contributed by atoms with van der Waals surface area (Å²) in [4.78, 5) is 49.9. The minimum atomic E-state index is -2.31. The van der Waals surface area contributed by atoms with Gasteiger partial charge in [-0.2, -0.15) is 0 Å². The summed E-state index contributed by atoms with van der Waals surface area (Å²) in [5.74, 6) is -8.25. The lowest BCUT2D eigenvalue weighted by Gasteiger charge is -2.59. The largest absolute Gasteiger partial charge is 0.481 e. The normalized spacial score (nSPS) is 27.2. The van der Waals surface area contributed by atoms with Crippen LogP contribution in [0.4, 0.5) is 0 Å². The maximum atomic E-state index is 12.9. The van der Waals surface area contributed by atoms with Crippen LogP contribution in [-0.4, -0.2) is 44.3 Å². The Balaban J connectivity index is 4.50. The van der Waals surface area contributed by atoms with Crippen molar-refractivity contribution in [1.82, 2.24) is 0 Å². The van der Waals surface area contributed by atoms with Crippen molar-refractivity contribution in [2.45, 2.75) is 25.7 Å². The third kappa shape index (κ3) is 3.18. The number of carboxylic acids is 4. The van der Waals surface area contributed by atoms with Gasteiger partial charge in [0.15, 0.2) is 0 Å². The number of allylic oxidation sites excluding steroid dienone is 4. The number of carbonyl (C=O) groups is 4. The van der Waals surface area contributed by atoms with Crippen LogP contribution in [0.5, 0.6) is 0 Å². The van der Waals surface area contributed by atoms with Gasteiger partial charge in [0.1, 0.15) is 5.41 Å². The topological polar surface area (TPSA) is 149 Å². The molecule has 0 aromatic heterocycles. The van der Waals surface area contributed by atoms with Gasteiger partial charge in [0.05, 0.1) is 11.3 Å². The van der Waals surface area contributed by atoms with Crippen LogP contribution in [0.25, 0.3) is 0 Å². The molecule has 0 saturated heterocycles. The van der Waals surface area contributed by atoms with Gasteiger partial charge >= 0.3 is 23.9 Å². The summed E-state index contributed by atoms with van der Waals surface area (Å²) in [5, 5.41) is 40.5. The van der Waals surface area contributed by atoms with Crippen molar-refractivity contribution in [3.8, 4) is 0 Å². The van der Waals surface area contributed by atoms with Crippen molar-refractivity contribution in [3.05, 3.63) is 62.3 Å². The smallest absolute Gasteiger partial charge is 0.332 e. The zero-order valence-corrected chi connectivity index (χ0v) is 16.5. The van der Waals surface area contributed by atoms with Crippen LogP contribution in [0, 0.1) is 22.2 Å². The van der Waals surface area contributed by atoms with E-state index in [-0.39, 0.29) is 12.8 Å². The summed E-state index contributed by atoms with van der Waals surface area (Å²) < 4.78 is 0. The molecule has 0 spiro atoms. The second-order valence-electron chi connectivity index (χ2n) is 7.29. The Hall–Kier alpha value is -3.42. The van der Waals surface area contributed by atoms with E-state index in [1.807, 2.05) is 0 Å². The Morgan fingerprint density at radius 1 is 0.800 bits per heavy atom. The zero-order valence-electron chi connectivity index (χ0n) is 16.5. The van der Waals surface area contributed by atoms with Crippen molar-refractivity contribution in [2.24, 2.45) is 22.2 Å². The average molecular weight is 418 g/mol. The van der Waals surface area contributed by atoms with Crippen LogP contribution in [0.1, 0.15) is 25.7 Å². The molecule has 1 rings (SSSR count). The van der Waals surface area contributed by atoms with E-state index in [4.69, 9.17) is 0 Å². The van der Waals surface area contributed by atoms with Gasteiger partial charge in [-0.3, -0.25) is 14.4 Å². The summed E-state index contributed by atoms with van der Waals surface area (Å²) in [6.45, 7) is 14.3. The highest BCUT2D eigenvalue weighted by molar-refractivity contribution is 6.00. The Bertz CT molecular complexity index is 826. The number of hydrogen-bond acceptors (Lipinski definition) is 4. The van der Waals surface area contributed by atoms with E-state index in [2.05, 4.69) is 26.3 Å². The van der Waals surface area contributed by atoms with E-state index < -0.39 is 64.5 Å². The lowest BCUT2D eigenvalue weighted by atomic mass is 9.39. The molecule has 0 bridgehead atoms. The predicted octanol–water partition coefficient (Wildman–Crippen LogP) is 3.14. The monoisotopic (exact) mass is 418 g/mol. The molecule has 4 N–H and O–H groups in total. The van der Waals surface area contributed by atoms with Gasteiger partial charge in [0, 0.05) is 11.0 Å². The molecular weight excluding hydrogens is 392 g/mol. The number of carboxylic acid groups (broad SMARTS) is 4. The highest BCUT2D eigenvalue weighted by atomic mass is 16.4. The maximum absolute atomic E-state index is 12.9. The maximum Gasteiger partial charge on any atom is 0.332 e. The minimum absolute atomic E-state index is 0.285. The van der Waals surface area contributed by atoms with Gasteiger partial charge in [-0.05, 0) is 25.7 Å². The standard InChI is InChI=1S/C22H26O8/c1-5-9-20(10-6-2)15(17(25)26)14(16(23)24)13-21(11-7-3,18(27)28)22(20,12-8-4)19(29)30/h5-8,13,15H,1-4,9-12H2,(H,23,24)(H,25,26)(H,27,28)(H,29,30). The molecular formula is C22H26O8. The summed E-state index contributed by atoms with van der Waals surface area (Å²) in [6.07, 6.45) is 4.24. The summed E-state index contributed by atoms with van der Waals surface area (Å²) in [5.41, 5.74) is -7.20. The van der Waals surface area contributed by atoms with Gasteiger partial charge in [-0.25, -0.2) is 4.79 Å². The van der Waals surface area contributed by atoms with Crippen LogP contribution in [-0.2, 0) is 19.2 Å². The molecule has 1 aliphatic carbocycles. The molecule has 3 unspecified atom stereocenters. The Morgan fingerprint density at radius 3 is 1.57 bits per heavy atom. The first-order valence-electron chi connectivity index (χ1n) is 9.08. The van der Waals surface area contributed by atoms with E-state index in [0.29, 0.717) is 0 Å². The predicted molar refractivity (Wildman–Crippen MR) is 109 cm³/mol. The first kappa shape index (κ1) is 24.6. The molecule has 3 atom stereocenters. The molecule has 162 valence electrons. The van der Waals surface area contributed by atoms with Crippen molar-refractivity contribution < 1.29 is 39.6 Å².